The maximum atomic E-state index is 11.7. The lowest BCUT2D eigenvalue weighted by atomic mass is 10.2. The molecule has 104 valence electrons. The predicted octanol–water partition coefficient (Wildman–Crippen LogP) is 1.18. The second kappa shape index (κ2) is 5.56. The van der Waals surface area contributed by atoms with E-state index in [0.717, 1.165) is 5.69 Å². The van der Waals surface area contributed by atoms with E-state index in [0.29, 0.717) is 11.4 Å². The SMILES string of the molecule is COc1ccc(-n2nc(CC(=O)O)c(=O)cc2C)cc1. The van der Waals surface area contributed by atoms with E-state index < -0.39 is 12.4 Å². The van der Waals surface area contributed by atoms with Gasteiger partial charge in [0.15, 0.2) is 0 Å². The highest BCUT2D eigenvalue weighted by molar-refractivity contribution is 5.69. The number of carboxylic acids is 1. The lowest BCUT2D eigenvalue weighted by Crippen LogP contribution is -2.21. The van der Waals surface area contributed by atoms with Crippen molar-refractivity contribution in [1.29, 1.82) is 0 Å². The number of aromatic nitrogens is 2. The first-order valence-corrected chi connectivity index (χ1v) is 5.97. The van der Waals surface area contributed by atoms with Crippen LogP contribution < -0.4 is 10.2 Å². The number of benzene rings is 1. The van der Waals surface area contributed by atoms with Gasteiger partial charge in [0.2, 0.25) is 5.43 Å². The summed E-state index contributed by atoms with van der Waals surface area (Å²) in [4.78, 5) is 22.4. The van der Waals surface area contributed by atoms with Crippen molar-refractivity contribution in [1.82, 2.24) is 9.78 Å². The molecule has 1 N–H and O–H groups in total. The Balaban J connectivity index is 2.49. The van der Waals surface area contributed by atoms with Crippen LogP contribution in [0, 0.1) is 6.92 Å². The van der Waals surface area contributed by atoms with Crippen LogP contribution in [-0.4, -0.2) is 28.0 Å². The Hall–Kier alpha value is -2.63. The van der Waals surface area contributed by atoms with Crippen molar-refractivity contribution in [3.8, 4) is 11.4 Å². The maximum Gasteiger partial charge on any atom is 0.309 e. The van der Waals surface area contributed by atoms with Gasteiger partial charge in [-0.2, -0.15) is 5.10 Å². The molecule has 0 aliphatic carbocycles. The third-order valence-corrected chi connectivity index (χ3v) is 2.81. The number of hydrogen-bond donors (Lipinski definition) is 1. The molecule has 0 amide bonds. The lowest BCUT2D eigenvalue weighted by Gasteiger charge is -2.11. The van der Waals surface area contributed by atoms with Crippen LogP contribution >= 0.6 is 0 Å². The minimum absolute atomic E-state index is 0.0129. The van der Waals surface area contributed by atoms with E-state index in [4.69, 9.17) is 9.84 Å². The smallest absolute Gasteiger partial charge is 0.309 e. The van der Waals surface area contributed by atoms with Gasteiger partial charge >= 0.3 is 5.97 Å². The van der Waals surface area contributed by atoms with Gasteiger partial charge in [-0.05, 0) is 31.2 Å². The molecule has 2 aromatic rings. The van der Waals surface area contributed by atoms with Crippen molar-refractivity contribution < 1.29 is 14.6 Å². The van der Waals surface area contributed by atoms with Crippen molar-refractivity contribution in [3.63, 3.8) is 0 Å². The molecule has 6 heteroatoms. The van der Waals surface area contributed by atoms with Crippen LogP contribution in [-0.2, 0) is 11.2 Å². The Morgan fingerprint density at radius 1 is 1.35 bits per heavy atom. The van der Waals surface area contributed by atoms with Gasteiger partial charge in [-0.3, -0.25) is 9.59 Å². The van der Waals surface area contributed by atoms with Crippen molar-refractivity contribution in [2.75, 3.05) is 7.11 Å². The third kappa shape index (κ3) is 2.85. The minimum atomic E-state index is -1.08. The Morgan fingerprint density at radius 2 is 2.00 bits per heavy atom. The highest BCUT2D eigenvalue weighted by Crippen LogP contribution is 2.15. The first kappa shape index (κ1) is 13.8. The number of hydrogen-bond acceptors (Lipinski definition) is 4. The van der Waals surface area contributed by atoms with E-state index in [9.17, 15) is 9.59 Å². The zero-order valence-corrected chi connectivity index (χ0v) is 11.2. The average molecular weight is 274 g/mol. The fourth-order valence-corrected chi connectivity index (χ4v) is 1.83. The van der Waals surface area contributed by atoms with E-state index in [1.54, 1.807) is 43.0 Å². The van der Waals surface area contributed by atoms with Crippen LogP contribution in [0.25, 0.3) is 5.69 Å². The molecule has 1 aromatic carbocycles. The molecule has 0 aliphatic rings. The monoisotopic (exact) mass is 274 g/mol. The molecular formula is C14H14N2O4. The molecule has 0 fully saturated rings. The zero-order valence-electron chi connectivity index (χ0n) is 11.2. The molecule has 0 unspecified atom stereocenters. The molecule has 0 radical (unpaired) electrons. The third-order valence-electron chi connectivity index (χ3n) is 2.81. The van der Waals surface area contributed by atoms with Gasteiger partial charge in [-0.1, -0.05) is 0 Å². The van der Waals surface area contributed by atoms with Crippen LogP contribution in [0.2, 0.25) is 0 Å². The summed E-state index contributed by atoms with van der Waals surface area (Å²) >= 11 is 0. The summed E-state index contributed by atoms with van der Waals surface area (Å²) < 4.78 is 6.61. The molecule has 0 saturated heterocycles. The summed E-state index contributed by atoms with van der Waals surface area (Å²) in [5.74, 6) is -0.377. The van der Waals surface area contributed by atoms with E-state index >= 15 is 0 Å². The first-order valence-electron chi connectivity index (χ1n) is 5.97. The molecule has 0 bridgehead atoms. The Bertz CT molecular complexity index is 689. The van der Waals surface area contributed by atoms with Crippen molar-refractivity contribution in [2.45, 2.75) is 13.3 Å². The number of methoxy groups -OCH3 is 1. The summed E-state index contributed by atoms with van der Waals surface area (Å²) in [7, 11) is 1.57. The maximum absolute atomic E-state index is 11.7. The molecule has 1 aromatic heterocycles. The van der Waals surface area contributed by atoms with Gasteiger partial charge in [0, 0.05) is 11.8 Å². The highest BCUT2D eigenvalue weighted by atomic mass is 16.5. The van der Waals surface area contributed by atoms with Gasteiger partial charge < -0.3 is 9.84 Å². The predicted molar refractivity (Wildman–Crippen MR) is 72.5 cm³/mol. The van der Waals surface area contributed by atoms with E-state index in [2.05, 4.69) is 5.10 Å². The second-order valence-corrected chi connectivity index (χ2v) is 4.28. The molecular weight excluding hydrogens is 260 g/mol. The number of aryl methyl sites for hydroxylation is 1. The summed E-state index contributed by atoms with van der Waals surface area (Å²) in [5, 5.41) is 12.9. The standard InChI is InChI=1S/C14H14N2O4/c1-9-7-13(17)12(8-14(18)19)15-16(9)10-3-5-11(20-2)6-4-10/h3-7H,8H2,1-2H3,(H,18,19). The molecule has 1 heterocycles. The summed E-state index contributed by atoms with van der Waals surface area (Å²) in [6.07, 6.45) is -0.394. The van der Waals surface area contributed by atoms with Gasteiger partial charge in [0.1, 0.15) is 11.4 Å². The Kier molecular flexibility index (Phi) is 3.84. The van der Waals surface area contributed by atoms with Crippen molar-refractivity contribution in [3.05, 3.63) is 51.9 Å². The average Bonchev–Trinajstić information content (AvgIpc) is 2.41. The largest absolute Gasteiger partial charge is 0.497 e. The van der Waals surface area contributed by atoms with E-state index in [1.807, 2.05) is 0 Å². The Labute approximate surface area is 115 Å². The minimum Gasteiger partial charge on any atom is -0.497 e. The summed E-state index contributed by atoms with van der Waals surface area (Å²) in [5.41, 5.74) is 1.01. The molecule has 0 spiro atoms. The van der Waals surface area contributed by atoms with Gasteiger partial charge in [0.05, 0.1) is 19.2 Å². The first-order chi connectivity index (χ1) is 9.51. The van der Waals surface area contributed by atoms with Crippen LogP contribution in [0.4, 0.5) is 0 Å². The van der Waals surface area contributed by atoms with Gasteiger partial charge in [-0.25, -0.2) is 4.68 Å². The number of carbonyl (C=O) groups is 1. The molecule has 0 saturated carbocycles. The van der Waals surface area contributed by atoms with Crippen LogP contribution in [0.1, 0.15) is 11.4 Å². The van der Waals surface area contributed by atoms with Crippen LogP contribution in [0.3, 0.4) is 0 Å². The number of nitrogens with zero attached hydrogens (tertiary/aromatic N) is 2. The molecule has 6 nitrogen and oxygen atoms in total. The zero-order chi connectivity index (χ0) is 14.7. The lowest BCUT2D eigenvalue weighted by molar-refractivity contribution is -0.136. The summed E-state index contributed by atoms with van der Waals surface area (Å²) in [6.45, 7) is 1.74. The van der Waals surface area contributed by atoms with Crippen molar-refractivity contribution >= 4 is 5.97 Å². The van der Waals surface area contributed by atoms with Crippen molar-refractivity contribution in [2.24, 2.45) is 0 Å². The number of ether oxygens (including phenoxy) is 1. The molecule has 20 heavy (non-hydrogen) atoms. The highest BCUT2D eigenvalue weighted by Gasteiger charge is 2.10. The number of carboxylic acid groups (broad SMARTS) is 1. The van der Waals surface area contributed by atoms with E-state index in [1.165, 1.54) is 6.07 Å². The second-order valence-electron chi connectivity index (χ2n) is 4.28. The van der Waals surface area contributed by atoms with Crippen LogP contribution in [0.5, 0.6) is 5.75 Å². The Morgan fingerprint density at radius 3 is 2.55 bits per heavy atom. The van der Waals surface area contributed by atoms with Gasteiger partial charge in [-0.15, -0.1) is 0 Å². The fourth-order valence-electron chi connectivity index (χ4n) is 1.83. The molecule has 0 aliphatic heterocycles. The number of rotatable bonds is 4. The quantitative estimate of drug-likeness (QED) is 0.905. The molecule has 0 atom stereocenters. The summed E-state index contributed by atoms with van der Waals surface area (Å²) in [6, 6.07) is 8.49. The normalized spacial score (nSPS) is 10.3. The van der Waals surface area contributed by atoms with Gasteiger partial charge in [0.25, 0.3) is 0 Å². The number of aliphatic carboxylic acids is 1. The fraction of sp³-hybridized carbons (Fsp3) is 0.214. The van der Waals surface area contributed by atoms with E-state index in [-0.39, 0.29) is 11.1 Å². The molecule has 2 rings (SSSR count). The van der Waals surface area contributed by atoms with Crippen LogP contribution in [0.15, 0.2) is 35.1 Å². The topological polar surface area (TPSA) is 81.4 Å².